The maximum Gasteiger partial charge on any atom is 0.191 e. The van der Waals surface area contributed by atoms with Crippen LogP contribution in [0.4, 0.5) is 0 Å². The van der Waals surface area contributed by atoms with Gasteiger partial charge in [-0.25, -0.2) is 0 Å². The molecule has 0 saturated carbocycles. The number of benzene rings is 2. The van der Waals surface area contributed by atoms with Crippen molar-refractivity contribution in [2.75, 3.05) is 40.5 Å². The highest BCUT2D eigenvalue weighted by Gasteiger charge is 2.13. The summed E-state index contributed by atoms with van der Waals surface area (Å²) < 4.78 is 10.9. The topological polar surface area (TPSA) is 58.1 Å². The third-order valence-corrected chi connectivity index (χ3v) is 4.92. The van der Waals surface area contributed by atoms with E-state index in [1.165, 1.54) is 11.1 Å². The summed E-state index contributed by atoms with van der Waals surface area (Å²) in [6.07, 6.45) is 0. The lowest BCUT2D eigenvalue weighted by Gasteiger charge is -2.27. The molecule has 1 heterocycles. The molecule has 2 aromatic rings. The van der Waals surface area contributed by atoms with Gasteiger partial charge in [0.05, 0.1) is 20.3 Å². The van der Waals surface area contributed by atoms with Crippen LogP contribution in [0.3, 0.4) is 0 Å². The van der Waals surface area contributed by atoms with E-state index in [9.17, 15) is 0 Å². The number of ether oxygens (including phenoxy) is 2. The van der Waals surface area contributed by atoms with E-state index in [4.69, 9.17) is 9.47 Å². The van der Waals surface area contributed by atoms with E-state index in [1.54, 1.807) is 14.2 Å². The minimum Gasteiger partial charge on any atom is -0.496 e. The van der Waals surface area contributed by atoms with Gasteiger partial charge in [-0.1, -0.05) is 42.5 Å². The Bertz CT molecular complexity index is 773. The minimum absolute atomic E-state index is 0.652. The molecule has 0 atom stereocenters. The molecule has 1 aliphatic rings. The van der Waals surface area contributed by atoms with Crippen LogP contribution in [0.1, 0.15) is 16.7 Å². The average molecular weight is 383 g/mol. The molecule has 2 N–H and O–H groups in total. The largest absolute Gasteiger partial charge is 0.496 e. The predicted octanol–water partition coefficient (Wildman–Crippen LogP) is 2.39. The molecule has 0 bridgehead atoms. The maximum absolute atomic E-state index is 5.45. The molecule has 0 amide bonds. The Morgan fingerprint density at radius 1 is 0.964 bits per heavy atom. The maximum atomic E-state index is 5.45. The number of nitrogens with one attached hydrogen (secondary N) is 2. The van der Waals surface area contributed by atoms with E-state index in [1.807, 2.05) is 18.2 Å². The Balaban J connectivity index is 1.56. The van der Waals surface area contributed by atoms with Gasteiger partial charge in [0.15, 0.2) is 5.96 Å². The van der Waals surface area contributed by atoms with Crippen molar-refractivity contribution < 1.29 is 9.47 Å². The van der Waals surface area contributed by atoms with E-state index in [0.29, 0.717) is 6.54 Å². The van der Waals surface area contributed by atoms with Crippen LogP contribution in [0.25, 0.3) is 0 Å². The second kappa shape index (κ2) is 10.7. The second-order valence-corrected chi connectivity index (χ2v) is 6.75. The predicted molar refractivity (Wildman–Crippen MR) is 113 cm³/mol. The molecule has 6 nitrogen and oxygen atoms in total. The first kappa shape index (κ1) is 20.2. The molecule has 0 aromatic heterocycles. The van der Waals surface area contributed by atoms with Gasteiger partial charge in [-0.2, -0.15) is 0 Å². The molecule has 2 aromatic carbocycles. The number of guanidine groups is 1. The normalized spacial score (nSPS) is 15.3. The van der Waals surface area contributed by atoms with Crippen molar-refractivity contribution in [3.8, 4) is 5.75 Å². The van der Waals surface area contributed by atoms with Crippen molar-refractivity contribution in [3.63, 3.8) is 0 Å². The fraction of sp³-hybridized carbons (Fsp3) is 0.409. The zero-order valence-electron chi connectivity index (χ0n) is 16.8. The van der Waals surface area contributed by atoms with Crippen molar-refractivity contribution in [2.24, 2.45) is 4.99 Å². The van der Waals surface area contributed by atoms with Gasteiger partial charge >= 0.3 is 0 Å². The molecule has 0 aliphatic carbocycles. The molecule has 1 fully saturated rings. The second-order valence-electron chi connectivity index (χ2n) is 6.75. The Kier molecular flexibility index (Phi) is 7.70. The van der Waals surface area contributed by atoms with Crippen LogP contribution in [0.5, 0.6) is 5.75 Å². The molecule has 1 saturated heterocycles. The standard InChI is InChI=1S/C22H30N4O2/c1-23-22(25-16-19-8-5-6-10-21(19)27-2)24-15-18-7-3-4-9-20(18)17-26-11-13-28-14-12-26/h3-10H,11-17H2,1-2H3,(H2,23,24,25). The molecule has 150 valence electrons. The molecule has 0 radical (unpaired) electrons. The summed E-state index contributed by atoms with van der Waals surface area (Å²) in [6, 6.07) is 16.6. The van der Waals surface area contributed by atoms with Crippen LogP contribution < -0.4 is 15.4 Å². The first-order valence-electron chi connectivity index (χ1n) is 9.73. The first-order chi connectivity index (χ1) is 13.8. The Labute approximate surface area is 167 Å². The molecule has 28 heavy (non-hydrogen) atoms. The summed E-state index contributed by atoms with van der Waals surface area (Å²) in [5, 5.41) is 6.79. The van der Waals surface area contributed by atoms with Crippen molar-refractivity contribution in [1.29, 1.82) is 0 Å². The van der Waals surface area contributed by atoms with E-state index in [0.717, 1.165) is 56.7 Å². The van der Waals surface area contributed by atoms with E-state index in [-0.39, 0.29) is 0 Å². The summed E-state index contributed by atoms with van der Waals surface area (Å²) in [5.41, 5.74) is 3.73. The quantitative estimate of drug-likeness (QED) is 0.569. The van der Waals surface area contributed by atoms with Crippen LogP contribution >= 0.6 is 0 Å². The van der Waals surface area contributed by atoms with Gasteiger partial charge in [-0.3, -0.25) is 9.89 Å². The molecule has 0 spiro atoms. The van der Waals surface area contributed by atoms with Crippen molar-refractivity contribution in [1.82, 2.24) is 15.5 Å². The fourth-order valence-electron chi connectivity index (χ4n) is 3.31. The van der Waals surface area contributed by atoms with Crippen molar-refractivity contribution in [3.05, 3.63) is 65.2 Å². The lowest BCUT2D eigenvalue weighted by atomic mass is 10.1. The van der Waals surface area contributed by atoms with Gasteiger partial charge in [0.1, 0.15) is 5.75 Å². The van der Waals surface area contributed by atoms with Gasteiger partial charge in [0.2, 0.25) is 0 Å². The summed E-state index contributed by atoms with van der Waals surface area (Å²) in [5.74, 6) is 1.65. The van der Waals surface area contributed by atoms with Gasteiger partial charge in [0.25, 0.3) is 0 Å². The highest BCUT2D eigenvalue weighted by Crippen LogP contribution is 2.17. The van der Waals surface area contributed by atoms with Crippen LogP contribution in [-0.4, -0.2) is 51.3 Å². The van der Waals surface area contributed by atoms with Crippen LogP contribution in [0, 0.1) is 0 Å². The molecular formula is C22H30N4O2. The highest BCUT2D eigenvalue weighted by molar-refractivity contribution is 5.79. The summed E-state index contributed by atoms with van der Waals surface area (Å²) in [4.78, 5) is 6.79. The molecule has 6 heteroatoms. The molecule has 1 aliphatic heterocycles. The molecule has 0 unspecified atom stereocenters. The Morgan fingerprint density at radius 2 is 1.57 bits per heavy atom. The van der Waals surface area contributed by atoms with E-state index in [2.05, 4.69) is 50.9 Å². The lowest BCUT2D eigenvalue weighted by Crippen LogP contribution is -2.37. The number of aliphatic imine (C=N–C) groups is 1. The number of morpholine rings is 1. The Hall–Kier alpha value is -2.57. The first-order valence-corrected chi connectivity index (χ1v) is 9.73. The average Bonchev–Trinajstić information content (AvgIpc) is 2.76. The van der Waals surface area contributed by atoms with Gasteiger partial charge in [0, 0.05) is 45.3 Å². The third kappa shape index (κ3) is 5.71. The van der Waals surface area contributed by atoms with Crippen LogP contribution in [0.2, 0.25) is 0 Å². The number of methoxy groups -OCH3 is 1. The number of para-hydroxylation sites is 1. The summed E-state index contributed by atoms with van der Waals surface area (Å²) in [7, 11) is 3.48. The number of nitrogens with zero attached hydrogens (tertiary/aromatic N) is 2. The van der Waals surface area contributed by atoms with Crippen LogP contribution in [0.15, 0.2) is 53.5 Å². The van der Waals surface area contributed by atoms with Crippen LogP contribution in [-0.2, 0) is 24.4 Å². The van der Waals surface area contributed by atoms with E-state index >= 15 is 0 Å². The zero-order valence-corrected chi connectivity index (χ0v) is 16.8. The number of hydrogen-bond donors (Lipinski definition) is 2. The third-order valence-electron chi connectivity index (χ3n) is 4.92. The minimum atomic E-state index is 0.652. The highest BCUT2D eigenvalue weighted by atomic mass is 16.5. The summed E-state index contributed by atoms with van der Waals surface area (Å²) >= 11 is 0. The Morgan fingerprint density at radius 3 is 2.25 bits per heavy atom. The fourth-order valence-corrected chi connectivity index (χ4v) is 3.31. The van der Waals surface area contributed by atoms with Gasteiger partial charge in [-0.05, 0) is 17.2 Å². The smallest absolute Gasteiger partial charge is 0.191 e. The number of hydrogen-bond acceptors (Lipinski definition) is 4. The summed E-state index contributed by atoms with van der Waals surface area (Å²) in [6.45, 7) is 5.95. The zero-order chi connectivity index (χ0) is 19.6. The monoisotopic (exact) mass is 382 g/mol. The molecule has 3 rings (SSSR count). The van der Waals surface area contributed by atoms with E-state index < -0.39 is 0 Å². The SMILES string of the molecule is CN=C(NCc1ccccc1CN1CCOCC1)NCc1ccccc1OC. The van der Waals surface area contributed by atoms with Crippen molar-refractivity contribution >= 4 is 5.96 Å². The van der Waals surface area contributed by atoms with Gasteiger partial charge in [-0.15, -0.1) is 0 Å². The number of rotatable bonds is 7. The van der Waals surface area contributed by atoms with Crippen molar-refractivity contribution in [2.45, 2.75) is 19.6 Å². The van der Waals surface area contributed by atoms with Gasteiger partial charge < -0.3 is 20.1 Å². The lowest BCUT2D eigenvalue weighted by molar-refractivity contribution is 0.0341. The molecular weight excluding hydrogens is 352 g/mol.